The molecule has 126 valence electrons. The van der Waals surface area contributed by atoms with E-state index < -0.39 is 17.5 Å². The van der Waals surface area contributed by atoms with Crippen molar-refractivity contribution in [1.29, 1.82) is 0 Å². The zero-order valence-electron chi connectivity index (χ0n) is 13.4. The van der Waals surface area contributed by atoms with Gasteiger partial charge in [-0.1, -0.05) is 44.2 Å². The molecule has 0 bridgehead atoms. The molecule has 0 spiro atoms. The fourth-order valence-corrected chi connectivity index (χ4v) is 2.06. The van der Waals surface area contributed by atoms with E-state index in [1.807, 2.05) is 32.0 Å². The molecule has 24 heavy (non-hydrogen) atoms. The second kappa shape index (κ2) is 8.19. The number of hydrazone groups is 1. The third kappa shape index (κ3) is 4.62. The van der Waals surface area contributed by atoms with Gasteiger partial charge in [0, 0.05) is 5.56 Å². The van der Waals surface area contributed by atoms with E-state index in [9.17, 15) is 13.6 Å². The number of amides is 1. The molecule has 0 aliphatic heterocycles. The fraction of sp³-hybridized carbons (Fsp3) is 0.222. The minimum absolute atomic E-state index is 0.0543. The smallest absolute Gasteiger partial charge is 0.277 e. The highest BCUT2D eigenvalue weighted by Gasteiger charge is 2.09. The van der Waals surface area contributed by atoms with E-state index in [1.54, 1.807) is 6.07 Å². The Hall–Kier alpha value is -2.76. The van der Waals surface area contributed by atoms with Crippen molar-refractivity contribution in [2.75, 3.05) is 6.61 Å². The molecule has 0 aliphatic rings. The first-order chi connectivity index (χ1) is 11.5. The van der Waals surface area contributed by atoms with E-state index in [-0.39, 0.29) is 18.1 Å². The lowest BCUT2D eigenvalue weighted by atomic mass is 10.0. The van der Waals surface area contributed by atoms with Gasteiger partial charge in [-0.2, -0.15) is 5.10 Å². The molecule has 2 aromatic carbocycles. The summed E-state index contributed by atoms with van der Waals surface area (Å²) in [6, 6.07) is 11.2. The quantitative estimate of drug-likeness (QED) is 0.649. The Kier molecular flexibility index (Phi) is 6.01. The zero-order chi connectivity index (χ0) is 17.5. The molecule has 1 N–H and O–H groups in total. The maximum atomic E-state index is 13.4. The summed E-state index contributed by atoms with van der Waals surface area (Å²) >= 11 is 0. The van der Waals surface area contributed by atoms with Crippen molar-refractivity contribution in [2.24, 2.45) is 5.10 Å². The van der Waals surface area contributed by atoms with Crippen LogP contribution in [-0.4, -0.2) is 18.7 Å². The normalized spacial score (nSPS) is 11.0. The van der Waals surface area contributed by atoms with Crippen molar-refractivity contribution in [3.05, 3.63) is 65.2 Å². The molecule has 4 nitrogen and oxygen atoms in total. The predicted molar refractivity (Wildman–Crippen MR) is 88.1 cm³/mol. The molecule has 2 aromatic rings. The average Bonchev–Trinajstić information content (AvgIpc) is 2.57. The van der Waals surface area contributed by atoms with E-state index in [4.69, 9.17) is 4.74 Å². The highest BCUT2D eigenvalue weighted by Crippen LogP contribution is 2.25. The van der Waals surface area contributed by atoms with Crippen molar-refractivity contribution in [2.45, 2.75) is 19.8 Å². The van der Waals surface area contributed by atoms with E-state index in [1.165, 1.54) is 12.1 Å². The number of carbonyl (C=O) groups is 1. The van der Waals surface area contributed by atoms with Gasteiger partial charge < -0.3 is 4.74 Å². The lowest BCUT2D eigenvalue weighted by Crippen LogP contribution is -2.25. The van der Waals surface area contributed by atoms with Crippen LogP contribution < -0.4 is 10.2 Å². The molecular weight excluding hydrogens is 314 g/mol. The third-order valence-electron chi connectivity index (χ3n) is 3.27. The Bertz CT molecular complexity index is 746. The van der Waals surface area contributed by atoms with Gasteiger partial charge >= 0.3 is 0 Å². The number of hydrogen-bond acceptors (Lipinski definition) is 3. The summed E-state index contributed by atoms with van der Waals surface area (Å²) in [6.07, 6.45) is 1.04. The number of hydrogen-bond donors (Lipinski definition) is 1. The van der Waals surface area contributed by atoms with Gasteiger partial charge in [-0.05, 0) is 23.6 Å². The largest absolute Gasteiger partial charge is 0.483 e. The number of benzene rings is 2. The maximum Gasteiger partial charge on any atom is 0.277 e. The summed E-state index contributed by atoms with van der Waals surface area (Å²) in [4.78, 5) is 11.7. The summed E-state index contributed by atoms with van der Waals surface area (Å²) in [5.74, 6) is -1.60. The molecule has 0 aliphatic carbocycles. The van der Waals surface area contributed by atoms with Crippen molar-refractivity contribution >= 4 is 12.1 Å². The SMILES string of the molecule is CC(C)c1ccccc1OCC(=O)NN=Cc1cccc(F)c1F. The number of carbonyl (C=O) groups excluding carboxylic acids is 1. The van der Waals surface area contributed by atoms with Crippen LogP contribution in [0.25, 0.3) is 0 Å². The van der Waals surface area contributed by atoms with Crippen molar-refractivity contribution < 1.29 is 18.3 Å². The second-order valence-electron chi connectivity index (χ2n) is 5.42. The molecule has 0 aromatic heterocycles. The molecular formula is C18H18F2N2O2. The van der Waals surface area contributed by atoms with Gasteiger partial charge in [-0.25, -0.2) is 14.2 Å². The number of ether oxygens (including phenoxy) is 1. The molecule has 2 rings (SSSR count). The number of nitrogens with zero attached hydrogens (tertiary/aromatic N) is 1. The van der Waals surface area contributed by atoms with Crippen LogP contribution in [-0.2, 0) is 4.79 Å². The van der Waals surface area contributed by atoms with Gasteiger partial charge in [-0.3, -0.25) is 4.79 Å². The van der Waals surface area contributed by atoms with Crippen LogP contribution in [0.2, 0.25) is 0 Å². The van der Waals surface area contributed by atoms with E-state index in [2.05, 4.69) is 10.5 Å². The molecule has 0 heterocycles. The van der Waals surface area contributed by atoms with Gasteiger partial charge in [0.25, 0.3) is 5.91 Å². The molecule has 1 amide bonds. The van der Waals surface area contributed by atoms with Crippen LogP contribution in [0.3, 0.4) is 0 Å². The van der Waals surface area contributed by atoms with Crippen LogP contribution in [0.4, 0.5) is 8.78 Å². The van der Waals surface area contributed by atoms with Gasteiger partial charge in [-0.15, -0.1) is 0 Å². The van der Waals surface area contributed by atoms with Gasteiger partial charge in [0.1, 0.15) is 5.75 Å². The minimum Gasteiger partial charge on any atom is -0.483 e. The fourth-order valence-electron chi connectivity index (χ4n) is 2.06. The number of halogens is 2. The van der Waals surface area contributed by atoms with Crippen LogP contribution in [0.5, 0.6) is 5.75 Å². The van der Waals surface area contributed by atoms with Crippen LogP contribution >= 0.6 is 0 Å². The van der Waals surface area contributed by atoms with Crippen molar-refractivity contribution in [3.8, 4) is 5.75 Å². The van der Waals surface area contributed by atoms with Crippen molar-refractivity contribution in [1.82, 2.24) is 5.43 Å². The maximum absolute atomic E-state index is 13.4. The first-order valence-electron chi connectivity index (χ1n) is 7.46. The Balaban J connectivity index is 1.90. The summed E-state index contributed by atoms with van der Waals surface area (Å²) in [7, 11) is 0. The predicted octanol–water partition coefficient (Wildman–Crippen LogP) is 3.62. The molecule has 0 unspecified atom stereocenters. The van der Waals surface area contributed by atoms with E-state index >= 15 is 0 Å². The number of rotatable bonds is 6. The summed E-state index contributed by atoms with van der Waals surface area (Å²) in [6.45, 7) is 3.83. The molecule has 0 atom stereocenters. The summed E-state index contributed by atoms with van der Waals surface area (Å²) in [5.41, 5.74) is 3.15. The Morgan fingerprint density at radius 1 is 1.21 bits per heavy atom. The molecule has 0 fully saturated rings. The van der Waals surface area contributed by atoms with Gasteiger partial charge in [0.2, 0.25) is 0 Å². The molecule has 0 radical (unpaired) electrons. The summed E-state index contributed by atoms with van der Waals surface area (Å²) in [5, 5.41) is 3.60. The molecule has 6 heteroatoms. The zero-order valence-corrected chi connectivity index (χ0v) is 13.4. The lowest BCUT2D eigenvalue weighted by molar-refractivity contribution is -0.123. The first kappa shape index (κ1) is 17.6. The Labute approximate surface area is 139 Å². The van der Waals surface area contributed by atoms with Gasteiger partial charge in [0.05, 0.1) is 6.21 Å². The Morgan fingerprint density at radius 3 is 2.71 bits per heavy atom. The van der Waals surface area contributed by atoms with Crippen LogP contribution in [0.1, 0.15) is 30.9 Å². The monoisotopic (exact) mass is 332 g/mol. The Morgan fingerprint density at radius 2 is 1.96 bits per heavy atom. The minimum atomic E-state index is -1.02. The van der Waals surface area contributed by atoms with Crippen LogP contribution in [0.15, 0.2) is 47.6 Å². The highest BCUT2D eigenvalue weighted by molar-refractivity contribution is 5.83. The standard InChI is InChI=1S/C18H18F2N2O2/c1-12(2)14-7-3-4-9-16(14)24-11-17(23)22-21-10-13-6-5-8-15(19)18(13)20/h3-10,12H,11H2,1-2H3,(H,22,23). The van der Waals surface area contributed by atoms with E-state index in [0.717, 1.165) is 17.8 Å². The van der Waals surface area contributed by atoms with Crippen LogP contribution in [0, 0.1) is 11.6 Å². The number of para-hydroxylation sites is 1. The summed E-state index contributed by atoms with van der Waals surface area (Å²) < 4.78 is 31.9. The average molecular weight is 332 g/mol. The molecule has 0 saturated carbocycles. The van der Waals surface area contributed by atoms with Crippen molar-refractivity contribution in [3.63, 3.8) is 0 Å². The third-order valence-corrected chi connectivity index (χ3v) is 3.27. The topological polar surface area (TPSA) is 50.7 Å². The van der Waals surface area contributed by atoms with Gasteiger partial charge in [0.15, 0.2) is 18.2 Å². The lowest BCUT2D eigenvalue weighted by Gasteiger charge is -2.12. The number of nitrogens with one attached hydrogen (secondary N) is 1. The second-order valence-corrected chi connectivity index (χ2v) is 5.42. The van der Waals surface area contributed by atoms with E-state index in [0.29, 0.717) is 5.75 Å². The molecule has 0 saturated heterocycles. The first-order valence-corrected chi connectivity index (χ1v) is 7.46. The highest BCUT2D eigenvalue weighted by atomic mass is 19.2.